The lowest BCUT2D eigenvalue weighted by Gasteiger charge is -2.29. The molecule has 3 nitrogen and oxygen atoms in total. The highest BCUT2D eigenvalue weighted by molar-refractivity contribution is 4.77. The van der Waals surface area contributed by atoms with Gasteiger partial charge in [0, 0.05) is 6.04 Å². The Bertz CT molecular complexity index is 171. The molecule has 0 amide bonds. The maximum atomic E-state index is 5.84. The summed E-state index contributed by atoms with van der Waals surface area (Å²) in [6.07, 6.45) is 5.71. The third-order valence-electron chi connectivity index (χ3n) is 3.01. The Hall–Kier alpha value is -0.120. The Kier molecular flexibility index (Phi) is 7.01. The first kappa shape index (κ1) is 13.9. The van der Waals surface area contributed by atoms with Gasteiger partial charge in [0.05, 0.1) is 25.4 Å². The van der Waals surface area contributed by atoms with Crippen LogP contribution in [0.25, 0.3) is 0 Å². The molecule has 0 radical (unpaired) electrons. The van der Waals surface area contributed by atoms with Crippen LogP contribution in [0, 0.1) is 0 Å². The first-order chi connectivity index (χ1) is 7.72. The van der Waals surface area contributed by atoms with E-state index in [4.69, 9.17) is 9.47 Å². The van der Waals surface area contributed by atoms with Gasteiger partial charge in [0.25, 0.3) is 0 Å². The van der Waals surface area contributed by atoms with Crippen LogP contribution in [0.15, 0.2) is 0 Å². The van der Waals surface area contributed by atoms with Crippen LogP contribution in [-0.2, 0) is 9.47 Å². The summed E-state index contributed by atoms with van der Waals surface area (Å²) in [7, 11) is 0. The molecule has 0 heterocycles. The van der Waals surface area contributed by atoms with Gasteiger partial charge >= 0.3 is 0 Å². The fraction of sp³-hybridized carbons (Fsp3) is 1.00. The molecule has 0 bridgehead atoms. The third kappa shape index (κ3) is 5.83. The highest BCUT2D eigenvalue weighted by Crippen LogP contribution is 2.21. The SMILES string of the molecule is CCNC1CCCC(OCCOC(C)C)C1. The topological polar surface area (TPSA) is 30.5 Å². The van der Waals surface area contributed by atoms with Crippen LogP contribution in [0.1, 0.15) is 46.5 Å². The molecule has 2 unspecified atom stereocenters. The summed E-state index contributed by atoms with van der Waals surface area (Å²) in [5, 5.41) is 3.51. The van der Waals surface area contributed by atoms with Gasteiger partial charge < -0.3 is 14.8 Å². The van der Waals surface area contributed by atoms with Crippen LogP contribution in [0.4, 0.5) is 0 Å². The zero-order valence-corrected chi connectivity index (χ0v) is 11.0. The van der Waals surface area contributed by atoms with E-state index in [0.717, 1.165) is 26.2 Å². The predicted octanol–water partition coefficient (Wildman–Crippen LogP) is 2.35. The largest absolute Gasteiger partial charge is 0.376 e. The van der Waals surface area contributed by atoms with Crippen LogP contribution < -0.4 is 5.32 Å². The van der Waals surface area contributed by atoms with E-state index in [9.17, 15) is 0 Å². The average molecular weight is 229 g/mol. The second-order valence-corrected chi connectivity index (χ2v) is 4.83. The summed E-state index contributed by atoms with van der Waals surface area (Å²) in [4.78, 5) is 0. The van der Waals surface area contributed by atoms with Gasteiger partial charge in [-0.25, -0.2) is 0 Å². The maximum Gasteiger partial charge on any atom is 0.0704 e. The molecule has 1 N–H and O–H groups in total. The summed E-state index contributed by atoms with van der Waals surface area (Å²) in [6.45, 7) is 8.81. The Morgan fingerprint density at radius 3 is 2.75 bits per heavy atom. The summed E-state index contributed by atoms with van der Waals surface area (Å²) in [5.74, 6) is 0. The molecule has 0 aromatic rings. The van der Waals surface area contributed by atoms with E-state index in [1.165, 1.54) is 19.3 Å². The molecule has 0 spiro atoms. The van der Waals surface area contributed by atoms with Gasteiger partial charge in [-0.2, -0.15) is 0 Å². The second-order valence-electron chi connectivity index (χ2n) is 4.83. The molecule has 1 fully saturated rings. The molecule has 3 heteroatoms. The number of nitrogens with one attached hydrogen (secondary N) is 1. The minimum absolute atomic E-state index is 0.310. The van der Waals surface area contributed by atoms with Gasteiger partial charge in [-0.05, 0) is 46.1 Å². The van der Waals surface area contributed by atoms with E-state index < -0.39 is 0 Å². The van der Waals surface area contributed by atoms with Gasteiger partial charge in [-0.15, -0.1) is 0 Å². The zero-order valence-electron chi connectivity index (χ0n) is 11.0. The molecule has 0 saturated heterocycles. The van der Waals surface area contributed by atoms with Crippen LogP contribution in [0.2, 0.25) is 0 Å². The zero-order chi connectivity index (χ0) is 11.8. The standard InChI is InChI=1S/C13H27NO2/c1-4-14-12-6-5-7-13(10-12)16-9-8-15-11(2)3/h11-14H,4-10H2,1-3H3. The average Bonchev–Trinajstić information content (AvgIpc) is 2.25. The van der Waals surface area contributed by atoms with Crippen molar-refractivity contribution >= 4 is 0 Å². The van der Waals surface area contributed by atoms with Crippen LogP contribution in [-0.4, -0.2) is 38.0 Å². The highest BCUT2D eigenvalue weighted by Gasteiger charge is 2.21. The smallest absolute Gasteiger partial charge is 0.0704 e. The van der Waals surface area contributed by atoms with Crippen molar-refractivity contribution in [2.24, 2.45) is 0 Å². The monoisotopic (exact) mass is 229 g/mol. The summed E-state index contributed by atoms with van der Waals surface area (Å²) < 4.78 is 11.3. The van der Waals surface area contributed by atoms with Gasteiger partial charge in [-0.3, -0.25) is 0 Å². The van der Waals surface area contributed by atoms with Crippen LogP contribution in [0.3, 0.4) is 0 Å². The number of hydrogen-bond donors (Lipinski definition) is 1. The molecule has 0 aromatic carbocycles. The molecule has 0 aromatic heterocycles. The van der Waals surface area contributed by atoms with Crippen molar-refractivity contribution in [3.8, 4) is 0 Å². The number of rotatable bonds is 7. The lowest BCUT2D eigenvalue weighted by atomic mass is 9.93. The Morgan fingerprint density at radius 2 is 2.06 bits per heavy atom. The van der Waals surface area contributed by atoms with Crippen molar-refractivity contribution < 1.29 is 9.47 Å². The van der Waals surface area contributed by atoms with Crippen molar-refractivity contribution in [1.29, 1.82) is 0 Å². The van der Waals surface area contributed by atoms with Crippen LogP contribution in [0.5, 0.6) is 0 Å². The van der Waals surface area contributed by atoms with E-state index in [2.05, 4.69) is 26.1 Å². The van der Waals surface area contributed by atoms with E-state index in [1.807, 2.05) is 0 Å². The van der Waals surface area contributed by atoms with E-state index >= 15 is 0 Å². The molecule has 2 atom stereocenters. The number of hydrogen-bond acceptors (Lipinski definition) is 3. The van der Waals surface area contributed by atoms with Crippen LogP contribution >= 0.6 is 0 Å². The van der Waals surface area contributed by atoms with Crippen molar-refractivity contribution in [2.45, 2.75) is 64.7 Å². The lowest BCUT2D eigenvalue weighted by Crippen LogP contribution is -2.37. The molecule has 96 valence electrons. The Labute approximate surface area is 99.9 Å². The first-order valence-electron chi connectivity index (χ1n) is 6.69. The summed E-state index contributed by atoms with van der Waals surface area (Å²) >= 11 is 0. The maximum absolute atomic E-state index is 5.84. The third-order valence-corrected chi connectivity index (χ3v) is 3.01. The van der Waals surface area contributed by atoms with E-state index in [0.29, 0.717) is 18.2 Å². The molecule has 16 heavy (non-hydrogen) atoms. The summed E-state index contributed by atoms with van der Waals surface area (Å²) in [5.41, 5.74) is 0. The quantitative estimate of drug-likeness (QED) is 0.680. The minimum Gasteiger partial charge on any atom is -0.376 e. The van der Waals surface area contributed by atoms with Crippen molar-refractivity contribution in [2.75, 3.05) is 19.8 Å². The fourth-order valence-corrected chi connectivity index (χ4v) is 2.27. The lowest BCUT2D eigenvalue weighted by molar-refractivity contribution is -0.0281. The van der Waals surface area contributed by atoms with Crippen molar-refractivity contribution in [3.05, 3.63) is 0 Å². The Balaban J connectivity index is 2.07. The molecule has 1 saturated carbocycles. The number of ether oxygens (including phenoxy) is 2. The molecular weight excluding hydrogens is 202 g/mol. The van der Waals surface area contributed by atoms with Crippen molar-refractivity contribution in [3.63, 3.8) is 0 Å². The van der Waals surface area contributed by atoms with Gasteiger partial charge in [0.1, 0.15) is 0 Å². The van der Waals surface area contributed by atoms with Crippen molar-refractivity contribution in [1.82, 2.24) is 5.32 Å². The second kappa shape index (κ2) is 8.04. The van der Waals surface area contributed by atoms with Gasteiger partial charge in [-0.1, -0.05) is 6.92 Å². The molecular formula is C13H27NO2. The highest BCUT2D eigenvalue weighted by atomic mass is 16.5. The fourth-order valence-electron chi connectivity index (χ4n) is 2.27. The molecule has 0 aliphatic heterocycles. The summed E-state index contributed by atoms with van der Waals surface area (Å²) in [6, 6.07) is 0.662. The minimum atomic E-state index is 0.310. The molecule has 1 rings (SSSR count). The van der Waals surface area contributed by atoms with Gasteiger partial charge in [0.15, 0.2) is 0 Å². The predicted molar refractivity (Wildman–Crippen MR) is 66.8 cm³/mol. The van der Waals surface area contributed by atoms with E-state index in [1.54, 1.807) is 0 Å². The molecule has 1 aliphatic carbocycles. The van der Waals surface area contributed by atoms with Gasteiger partial charge in [0.2, 0.25) is 0 Å². The first-order valence-corrected chi connectivity index (χ1v) is 6.69. The molecule has 1 aliphatic rings. The Morgan fingerprint density at radius 1 is 1.25 bits per heavy atom. The normalized spacial score (nSPS) is 26.2. The van der Waals surface area contributed by atoms with E-state index in [-0.39, 0.29) is 0 Å².